The molecule has 1 aliphatic rings. The third-order valence-electron chi connectivity index (χ3n) is 2.29. The first-order chi connectivity index (χ1) is 7.16. The molecular weight excluding hydrogens is 192 g/mol. The molecule has 1 saturated carbocycles. The van der Waals surface area contributed by atoms with Gasteiger partial charge in [-0.3, -0.25) is 4.79 Å². The first-order valence-electron chi connectivity index (χ1n) is 5.06. The number of rotatable bonds is 4. The lowest BCUT2D eigenvalue weighted by atomic mass is 10.2. The van der Waals surface area contributed by atoms with Gasteiger partial charge in [0.15, 0.2) is 5.69 Å². The summed E-state index contributed by atoms with van der Waals surface area (Å²) in [6.45, 7) is 6.04. The minimum atomic E-state index is -0.200. The van der Waals surface area contributed by atoms with Crippen LogP contribution >= 0.6 is 0 Å². The summed E-state index contributed by atoms with van der Waals surface area (Å²) in [5.41, 5.74) is 1.27. The quantitative estimate of drug-likeness (QED) is 0.765. The maximum Gasteiger partial charge on any atom is 0.273 e. The van der Waals surface area contributed by atoms with E-state index in [1.165, 1.54) is 0 Å². The topological polar surface area (TPSA) is 55.1 Å². The molecule has 0 saturated heterocycles. The lowest BCUT2D eigenvalue weighted by Crippen LogP contribution is -2.25. The molecule has 4 heteroatoms. The number of hydrogen-bond acceptors (Lipinski definition) is 3. The van der Waals surface area contributed by atoms with Crippen LogP contribution in [0.4, 0.5) is 0 Å². The smallest absolute Gasteiger partial charge is 0.273 e. The molecule has 1 N–H and O–H groups in total. The molecule has 4 nitrogen and oxygen atoms in total. The summed E-state index contributed by atoms with van der Waals surface area (Å²) in [5, 5.41) is 6.45. The standard InChI is InChI=1S/C11H14N2O2/c1-7(2)6-12-11(14)9-5-10(15-13-9)8-3-4-8/h5,8H,1,3-4,6H2,2H3,(H,12,14). The van der Waals surface area contributed by atoms with E-state index in [9.17, 15) is 4.79 Å². The highest BCUT2D eigenvalue weighted by Gasteiger charge is 2.28. The monoisotopic (exact) mass is 206 g/mol. The van der Waals surface area contributed by atoms with Crippen molar-refractivity contribution in [3.05, 3.63) is 29.7 Å². The highest BCUT2D eigenvalue weighted by atomic mass is 16.5. The summed E-state index contributed by atoms with van der Waals surface area (Å²) in [5.74, 6) is 1.12. The molecule has 1 fully saturated rings. The number of nitrogens with one attached hydrogen (secondary N) is 1. The third kappa shape index (κ3) is 2.46. The van der Waals surface area contributed by atoms with Crippen LogP contribution in [0.2, 0.25) is 0 Å². The van der Waals surface area contributed by atoms with Gasteiger partial charge < -0.3 is 9.84 Å². The number of aromatic nitrogens is 1. The molecule has 0 radical (unpaired) electrons. The molecule has 1 heterocycles. The highest BCUT2D eigenvalue weighted by Crippen LogP contribution is 2.40. The average molecular weight is 206 g/mol. The van der Waals surface area contributed by atoms with E-state index >= 15 is 0 Å². The number of nitrogens with zero attached hydrogens (tertiary/aromatic N) is 1. The second kappa shape index (κ2) is 3.88. The van der Waals surface area contributed by atoms with Crippen molar-refractivity contribution in [2.75, 3.05) is 6.54 Å². The number of amides is 1. The van der Waals surface area contributed by atoms with Crippen LogP contribution < -0.4 is 5.32 Å². The zero-order chi connectivity index (χ0) is 10.8. The predicted octanol–water partition coefficient (Wildman–Crippen LogP) is 1.86. The molecule has 1 aliphatic carbocycles. The summed E-state index contributed by atoms with van der Waals surface area (Å²) in [4.78, 5) is 11.5. The SMILES string of the molecule is C=C(C)CNC(=O)c1cc(C2CC2)on1. The minimum Gasteiger partial charge on any atom is -0.360 e. The van der Waals surface area contributed by atoms with Crippen LogP contribution in [0.15, 0.2) is 22.7 Å². The van der Waals surface area contributed by atoms with Crippen molar-refractivity contribution in [2.45, 2.75) is 25.7 Å². The van der Waals surface area contributed by atoms with Crippen LogP contribution in [-0.4, -0.2) is 17.6 Å². The van der Waals surface area contributed by atoms with E-state index in [4.69, 9.17) is 4.52 Å². The Morgan fingerprint density at radius 3 is 3.07 bits per heavy atom. The second-order valence-corrected chi connectivity index (χ2v) is 4.03. The summed E-state index contributed by atoms with van der Waals surface area (Å²) >= 11 is 0. The largest absolute Gasteiger partial charge is 0.360 e. The predicted molar refractivity (Wildman–Crippen MR) is 55.6 cm³/mol. The Kier molecular flexibility index (Phi) is 2.58. The van der Waals surface area contributed by atoms with Crippen LogP contribution in [0, 0.1) is 0 Å². The molecule has 1 aromatic rings. The molecule has 0 atom stereocenters. The van der Waals surface area contributed by atoms with Gasteiger partial charge in [0.1, 0.15) is 5.76 Å². The van der Waals surface area contributed by atoms with E-state index in [1.807, 2.05) is 6.92 Å². The van der Waals surface area contributed by atoms with Crippen LogP contribution in [0.5, 0.6) is 0 Å². The first-order valence-corrected chi connectivity index (χ1v) is 5.06. The average Bonchev–Trinajstić information content (AvgIpc) is 2.93. The van der Waals surface area contributed by atoms with Gasteiger partial charge in [-0.15, -0.1) is 0 Å². The zero-order valence-electron chi connectivity index (χ0n) is 8.75. The van der Waals surface area contributed by atoms with E-state index in [-0.39, 0.29) is 5.91 Å². The van der Waals surface area contributed by atoms with Gasteiger partial charge in [0.2, 0.25) is 0 Å². The van der Waals surface area contributed by atoms with Crippen molar-refractivity contribution in [3.8, 4) is 0 Å². The number of carbonyl (C=O) groups excluding carboxylic acids is 1. The van der Waals surface area contributed by atoms with Crippen LogP contribution in [0.25, 0.3) is 0 Å². The minimum absolute atomic E-state index is 0.200. The van der Waals surface area contributed by atoms with Gasteiger partial charge in [0, 0.05) is 18.5 Å². The fraction of sp³-hybridized carbons (Fsp3) is 0.455. The van der Waals surface area contributed by atoms with E-state index in [0.717, 1.165) is 24.2 Å². The van der Waals surface area contributed by atoms with E-state index < -0.39 is 0 Å². The van der Waals surface area contributed by atoms with E-state index in [2.05, 4.69) is 17.1 Å². The Morgan fingerprint density at radius 1 is 1.73 bits per heavy atom. The van der Waals surface area contributed by atoms with Gasteiger partial charge in [-0.1, -0.05) is 17.3 Å². The van der Waals surface area contributed by atoms with Crippen molar-refractivity contribution in [1.29, 1.82) is 0 Å². The summed E-state index contributed by atoms with van der Waals surface area (Å²) in [6, 6.07) is 1.73. The molecule has 15 heavy (non-hydrogen) atoms. The third-order valence-corrected chi connectivity index (χ3v) is 2.29. The number of hydrogen-bond donors (Lipinski definition) is 1. The maximum absolute atomic E-state index is 11.5. The van der Waals surface area contributed by atoms with Crippen molar-refractivity contribution >= 4 is 5.91 Å². The van der Waals surface area contributed by atoms with E-state index in [1.54, 1.807) is 6.07 Å². The van der Waals surface area contributed by atoms with Gasteiger partial charge >= 0.3 is 0 Å². The summed E-state index contributed by atoms with van der Waals surface area (Å²) in [6.07, 6.45) is 2.28. The van der Waals surface area contributed by atoms with Gasteiger partial charge in [-0.25, -0.2) is 0 Å². The fourth-order valence-corrected chi connectivity index (χ4v) is 1.28. The molecule has 1 aromatic heterocycles. The Bertz CT molecular complexity index is 391. The molecule has 0 aliphatic heterocycles. The lowest BCUT2D eigenvalue weighted by Gasteiger charge is -2.00. The van der Waals surface area contributed by atoms with Gasteiger partial charge in [-0.2, -0.15) is 0 Å². The number of carbonyl (C=O) groups is 1. The molecule has 0 aromatic carbocycles. The van der Waals surface area contributed by atoms with Crippen molar-refractivity contribution in [1.82, 2.24) is 10.5 Å². The van der Waals surface area contributed by atoms with Gasteiger partial charge in [0.05, 0.1) is 0 Å². The van der Waals surface area contributed by atoms with Crippen LogP contribution in [0.3, 0.4) is 0 Å². The molecular formula is C11H14N2O2. The maximum atomic E-state index is 11.5. The Hall–Kier alpha value is -1.58. The van der Waals surface area contributed by atoms with Crippen molar-refractivity contribution in [3.63, 3.8) is 0 Å². The first kappa shape index (κ1) is 9.96. The molecule has 0 bridgehead atoms. The molecule has 1 amide bonds. The summed E-state index contributed by atoms with van der Waals surface area (Å²) < 4.78 is 5.08. The van der Waals surface area contributed by atoms with Crippen LogP contribution in [0.1, 0.15) is 41.9 Å². The van der Waals surface area contributed by atoms with Gasteiger partial charge in [0.25, 0.3) is 5.91 Å². The summed E-state index contributed by atoms with van der Waals surface area (Å²) in [7, 11) is 0. The Balaban J connectivity index is 1.95. The van der Waals surface area contributed by atoms with Crippen LogP contribution in [-0.2, 0) is 0 Å². The molecule has 0 unspecified atom stereocenters. The normalized spacial score (nSPS) is 15.0. The van der Waals surface area contributed by atoms with E-state index in [0.29, 0.717) is 18.2 Å². The Labute approximate surface area is 88.3 Å². The molecule has 2 rings (SSSR count). The molecule has 0 spiro atoms. The lowest BCUT2D eigenvalue weighted by molar-refractivity contribution is 0.0948. The van der Waals surface area contributed by atoms with Gasteiger partial charge in [-0.05, 0) is 19.8 Å². The molecule has 80 valence electrons. The highest BCUT2D eigenvalue weighted by molar-refractivity contribution is 5.92. The van der Waals surface area contributed by atoms with Crippen molar-refractivity contribution < 1.29 is 9.32 Å². The Morgan fingerprint density at radius 2 is 2.47 bits per heavy atom. The zero-order valence-corrected chi connectivity index (χ0v) is 8.75. The second-order valence-electron chi connectivity index (χ2n) is 4.03. The fourth-order valence-electron chi connectivity index (χ4n) is 1.28. The van der Waals surface area contributed by atoms with Crippen molar-refractivity contribution in [2.24, 2.45) is 0 Å².